The normalized spacial score (nSPS) is 11.2. The molecule has 0 aliphatic carbocycles. The summed E-state index contributed by atoms with van der Waals surface area (Å²) < 4.78 is 5.61. The van der Waals surface area contributed by atoms with Crippen molar-refractivity contribution in [1.82, 2.24) is 10.3 Å². The van der Waals surface area contributed by atoms with Crippen LogP contribution in [0.4, 0.5) is 0 Å². The molecule has 0 saturated carbocycles. The third kappa shape index (κ3) is 5.58. The first-order valence-corrected chi connectivity index (χ1v) is 10.3. The van der Waals surface area contributed by atoms with Gasteiger partial charge in [-0.05, 0) is 31.5 Å². The van der Waals surface area contributed by atoms with E-state index in [2.05, 4.69) is 48.4 Å². The summed E-state index contributed by atoms with van der Waals surface area (Å²) in [5.74, 6) is 0.259. The van der Waals surface area contributed by atoms with Crippen LogP contribution in [-0.2, 0) is 17.9 Å². The topological polar surface area (TPSA) is 59.6 Å². The van der Waals surface area contributed by atoms with Gasteiger partial charge in [0.25, 0.3) is 5.22 Å². The highest BCUT2D eigenvalue weighted by Gasteiger charge is 2.09. The van der Waals surface area contributed by atoms with Crippen LogP contribution in [0, 0.1) is 0 Å². The molecule has 0 unspecified atom stereocenters. The number of oxazole rings is 1. The van der Waals surface area contributed by atoms with Crippen molar-refractivity contribution in [1.29, 1.82) is 0 Å². The number of aromatic nitrogens is 1. The predicted octanol–water partition coefficient (Wildman–Crippen LogP) is 2.66. The molecule has 0 bridgehead atoms. The lowest BCUT2D eigenvalue weighted by molar-refractivity contribution is -0.910. The molecule has 0 atom stereocenters. The molecule has 5 nitrogen and oxygen atoms in total. The summed E-state index contributed by atoms with van der Waals surface area (Å²) in [5.41, 5.74) is 3.99. The van der Waals surface area contributed by atoms with E-state index in [9.17, 15) is 4.79 Å². The van der Waals surface area contributed by atoms with Crippen molar-refractivity contribution in [2.24, 2.45) is 0 Å². The number of carbonyl (C=O) groups excluding carboxylic acids is 1. The fraction of sp³-hybridized carbons (Fsp3) is 0.333. The predicted molar refractivity (Wildman–Crippen MR) is 109 cm³/mol. The van der Waals surface area contributed by atoms with Gasteiger partial charge in [-0.25, -0.2) is 4.98 Å². The van der Waals surface area contributed by atoms with E-state index in [0.29, 0.717) is 11.8 Å². The highest BCUT2D eigenvalue weighted by molar-refractivity contribution is 7.99. The number of nitrogens with one attached hydrogen (secondary N) is 2. The zero-order valence-corrected chi connectivity index (χ0v) is 16.6. The number of para-hydroxylation sites is 2. The average molecular weight is 385 g/mol. The monoisotopic (exact) mass is 384 g/mol. The Kier molecular flexibility index (Phi) is 6.90. The molecule has 2 aromatic carbocycles. The average Bonchev–Trinajstić information content (AvgIpc) is 3.13. The fourth-order valence-corrected chi connectivity index (χ4v) is 3.52. The maximum absolute atomic E-state index is 12.1. The molecule has 27 heavy (non-hydrogen) atoms. The molecule has 1 heterocycles. The van der Waals surface area contributed by atoms with Crippen LogP contribution >= 0.6 is 11.8 Å². The van der Waals surface area contributed by atoms with Crippen LogP contribution in [-0.4, -0.2) is 29.7 Å². The minimum absolute atomic E-state index is 0.0288. The SMILES string of the molecule is CC[NH+](CC)Cc1ccc(CNC(=O)CSc2nc3ccccc3o2)cc1. The molecule has 2 N–H and O–H groups in total. The van der Waals surface area contributed by atoms with E-state index in [1.807, 2.05) is 24.3 Å². The van der Waals surface area contributed by atoms with E-state index in [4.69, 9.17) is 4.42 Å². The summed E-state index contributed by atoms with van der Waals surface area (Å²) in [6.07, 6.45) is 0. The minimum atomic E-state index is -0.0288. The van der Waals surface area contributed by atoms with Crippen LogP contribution in [0.3, 0.4) is 0 Å². The summed E-state index contributed by atoms with van der Waals surface area (Å²) in [5, 5.41) is 3.47. The Labute approximate surface area is 164 Å². The van der Waals surface area contributed by atoms with Gasteiger partial charge in [0, 0.05) is 12.1 Å². The van der Waals surface area contributed by atoms with Gasteiger partial charge < -0.3 is 14.6 Å². The number of benzene rings is 2. The van der Waals surface area contributed by atoms with Gasteiger partial charge in [-0.3, -0.25) is 4.79 Å². The first-order valence-electron chi connectivity index (χ1n) is 9.34. The lowest BCUT2D eigenvalue weighted by Gasteiger charge is -2.15. The van der Waals surface area contributed by atoms with Crippen molar-refractivity contribution in [2.75, 3.05) is 18.8 Å². The summed E-state index contributed by atoms with van der Waals surface area (Å²) in [6, 6.07) is 16.1. The standard InChI is InChI=1S/C21H25N3O2S/c1-3-24(4-2)14-17-11-9-16(10-12-17)13-22-20(25)15-27-21-23-18-7-5-6-8-19(18)26-21/h5-12H,3-4,13-15H2,1-2H3,(H,22,25)/p+1. The highest BCUT2D eigenvalue weighted by Crippen LogP contribution is 2.22. The van der Waals surface area contributed by atoms with Crippen molar-refractivity contribution < 1.29 is 14.1 Å². The molecule has 142 valence electrons. The summed E-state index contributed by atoms with van der Waals surface area (Å²) in [6.45, 7) is 8.26. The van der Waals surface area contributed by atoms with E-state index >= 15 is 0 Å². The molecular weight excluding hydrogens is 358 g/mol. The molecule has 3 aromatic rings. The molecule has 0 spiro atoms. The van der Waals surface area contributed by atoms with Gasteiger partial charge in [0.05, 0.1) is 18.8 Å². The van der Waals surface area contributed by atoms with Crippen LogP contribution in [0.15, 0.2) is 58.2 Å². The maximum Gasteiger partial charge on any atom is 0.257 e. The van der Waals surface area contributed by atoms with Crippen molar-refractivity contribution in [3.63, 3.8) is 0 Å². The number of hydrogen-bond acceptors (Lipinski definition) is 4. The van der Waals surface area contributed by atoms with Gasteiger partial charge in [-0.1, -0.05) is 48.2 Å². The van der Waals surface area contributed by atoms with Crippen LogP contribution in [0.2, 0.25) is 0 Å². The first kappa shape index (κ1) is 19.5. The van der Waals surface area contributed by atoms with Crippen molar-refractivity contribution in [2.45, 2.75) is 32.2 Å². The van der Waals surface area contributed by atoms with Gasteiger partial charge in [0.15, 0.2) is 5.58 Å². The van der Waals surface area contributed by atoms with Crippen molar-refractivity contribution >= 4 is 28.8 Å². The molecule has 1 aromatic heterocycles. The Morgan fingerprint density at radius 3 is 2.48 bits per heavy atom. The van der Waals surface area contributed by atoms with Gasteiger partial charge in [-0.2, -0.15) is 0 Å². The van der Waals surface area contributed by atoms with Gasteiger partial charge in [-0.15, -0.1) is 0 Å². The molecule has 0 fully saturated rings. The molecule has 1 amide bonds. The van der Waals surface area contributed by atoms with Crippen molar-refractivity contribution in [3.8, 4) is 0 Å². The summed E-state index contributed by atoms with van der Waals surface area (Å²) in [4.78, 5) is 18.0. The van der Waals surface area contributed by atoms with Gasteiger partial charge in [0.1, 0.15) is 12.1 Å². The number of carbonyl (C=O) groups is 1. The Morgan fingerprint density at radius 2 is 1.78 bits per heavy atom. The van der Waals surface area contributed by atoms with Gasteiger partial charge in [0.2, 0.25) is 5.91 Å². The second-order valence-corrected chi connectivity index (χ2v) is 7.39. The number of fused-ring (bicyclic) bond motifs is 1. The van der Waals surface area contributed by atoms with E-state index < -0.39 is 0 Å². The number of quaternary nitrogens is 1. The Morgan fingerprint density at radius 1 is 1.07 bits per heavy atom. The quantitative estimate of drug-likeness (QED) is 0.557. The lowest BCUT2D eigenvalue weighted by atomic mass is 10.1. The summed E-state index contributed by atoms with van der Waals surface area (Å²) >= 11 is 1.31. The molecule has 0 saturated heterocycles. The largest absolute Gasteiger partial charge is 0.431 e. The minimum Gasteiger partial charge on any atom is -0.431 e. The third-order valence-electron chi connectivity index (χ3n) is 4.57. The Bertz CT molecular complexity index is 840. The Hall–Kier alpha value is -2.31. The van der Waals surface area contributed by atoms with Gasteiger partial charge >= 0.3 is 0 Å². The lowest BCUT2D eigenvalue weighted by Crippen LogP contribution is -3.10. The summed E-state index contributed by atoms with van der Waals surface area (Å²) in [7, 11) is 0. The molecule has 6 heteroatoms. The second-order valence-electron chi connectivity index (χ2n) is 6.46. The van der Waals surface area contributed by atoms with E-state index in [1.165, 1.54) is 17.3 Å². The third-order valence-corrected chi connectivity index (χ3v) is 5.40. The fourth-order valence-electron chi connectivity index (χ4n) is 2.86. The van der Waals surface area contributed by atoms with Crippen molar-refractivity contribution in [3.05, 3.63) is 59.7 Å². The van der Waals surface area contributed by atoms with Crippen LogP contribution in [0.1, 0.15) is 25.0 Å². The van der Waals surface area contributed by atoms with Crippen LogP contribution < -0.4 is 10.2 Å². The molecule has 0 radical (unpaired) electrons. The maximum atomic E-state index is 12.1. The molecular formula is C21H26N3O2S+. The van der Waals surface area contributed by atoms with E-state index in [-0.39, 0.29) is 11.7 Å². The molecule has 0 aliphatic rings. The van der Waals surface area contributed by atoms with Crippen LogP contribution in [0.25, 0.3) is 11.1 Å². The zero-order chi connectivity index (χ0) is 19.1. The number of amides is 1. The van der Waals surface area contributed by atoms with Crippen LogP contribution in [0.5, 0.6) is 0 Å². The van der Waals surface area contributed by atoms with E-state index in [1.54, 1.807) is 4.90 Å². The van der Waals surface area contributed by atoms with E-state index in [0.717, 1.165) is 36.3 Å². The number of rotatable bonds is 9. The second kappa shape index (κ2) is 9.58. The number of hydrogen-bond donors (Lipinski definition) is 2. The first-order chi connectivity index (χ1) is 13.2. The zero-order valence-electron chi connectivity index (χ0n) is 15.8. The Balaban J connectivity index is 1.44. The number of thioether (sulfide) groups is 1. The smallest absolute Gasteiger partial charge is 0.257 e. The number of nitrogens with zero attached hydrogens (tertiary/aromatic N) is 1. The highest BCUT2D eigenvalue weighted by atomic mass is 32.2. The molecule has 3 rings (SSSR count). The molecule has 0 aliphatic heterocycles.